The average molecular weight is 282 g/mol. The molecule has 1 rings (SSSR count). The fraction of sp³-hybridized carbons (Fsp3) is 0.364. The molecular formula is C11H11ClF3NO2. The van der Waals surface area contributed by atoms with Crippen molar-refractivity contribution in [3.8, 4) is 5.75 Å². The lowest BCUT2D eigenvalue weighted by atomic mass is 10.1. The van der Waals surface area contributed by atoms with E-state index in [1.165, 1.54) is 7.11 Å². The highest BCUT2D eigenvalue weighted by Crippen LogP contribution is 2.37. The number of rotatable bonds is 4. The first-order valence-corrected chi connectivity index (χ1v) is 5.31. The van der Waals surface area contributed by atoms with E-state index in [1.807, 2.05) is 0 Å². The summed E-state index contributed by atoms with van der Waals surface area (Å²) >= 11 is 5.72. The van der Waals surface area contributed by atoms with Crippen molar-refractivity contribution >= 4 is 17.4 Å². The van der Waals surface area contributed by atoms with Crippen molar-refractivity contribution in [1.82, 2.24) is 5.32 Å². The molecule has 0 bridgehead atoms. The standard InChI is InChI=1S/C11H11ClF3NO2/c1-16-5-8(17)10-7(12)3-6(11(13,14)15)4-9(10)18-2/h3-4,16H,5H2,1-2H3. The second kappa shape index (κ2) is 5.58. The Balaban J connectivity index is 3.33. The highest BCUT2D eigenvalue weighted by atomic mass is 35.5. The third-order valence-corrected chi connectivity index (χ3v) is 2.52. The molecular weight excluding hydrogens is 271 g/mol. The van der Waals surface area contributed by atoms with E-state index in [0.29, 0.717) is 6.07 Å². The van der Waals surface area contributed by atoms with Crippen LogP contribution in [0.5, 0.6) is 5.75 Å². The van der Waals surface area contributed by atoms with Gasteiger partial charge in [0.2, 0.25) is 0 Å². The summed E-state index contributed by atoms with van der Waals surface area (Å²) in [6.07, 6.45) is -4.54. The Morgan fingerprint density at radius 3 is 2.50 bits per heavy atom. The molecule has 0 heterocycles. The molecule has 1 aromatic carbocycles. The summed E-state index contributed by atoms with van der Waals surface area (Å²) in [5.74, 6) is -0.622. The summed E-state index contributed by atoms with van der Waals surface area (Å²) in [5.41, 5.74) is -1.01. The lowest BCUT2D eigenvalue weighted by Crippen LogP contribution is -2.20. The molecule has 7 heteroatoms. The molecule has 0 saturated carbocycles. The largest absolute Gasteiger partial charge is 0.496 e. The monoisotopic (exact) mass is 281 g/mol. The van der Waals surface area contributed by atoms with Crippen molar-refractivity contribution in [2.45, 2.75) is 6.18 Å². The third kappa shape index (κ3) is 3.14. The number of ketones is 1. The van der Waals surface area contributed by atoms with Gasteiger partial charge in [-0.3, -0.25) is 4.79 Å². The van der Waals surface area contributed by atoms with Gasteiger partial charge in [-0.1, -0.05) is 11.6 Å². The zero-order valence-corrected chi connectivity index (χ0v) is 10.4. The van der Waals surface area contributed by atoms with Gasteiger partial charge >= 0.3 is 6.18 Å². The van der Waals surface area contributed by atoms with Gasteiger partial charge in [0.15, 0.2) is 5.78 Å². The van der Waals surface area contributed by atoms with Crippen LogP contribution in [0, 0.1) is 0 Å². The zero-order valence-electron chi connectivity index (χ0n) is 9.69. The molecule has 0 aliphatic heterocycles. The minimum atomic E-state index is -4.54. The predicted molar refractivity (Wildman–Crippen MR) is 61.3 cm³/mol. The highest BCUT2D eigenvalue weighted by molar-refractivity contribution is 6.34. The number of benzene rings is 1. The van der Waals surface area contributed by atoms with E-state index in [0.717, 1.165) is 6.07 Å². The van der Waals surface area contributed by atoms with E-state index in [-0.39, 0.29) is 22.9 Å². The van der Waals surface area contributed by atoms with Crippen LogP contribution in [0.1, 0.15) is 15.9 Å². The molecule has 0 aliphatic carbocycles. The molecule has 1 aromatic rings. The van der Waals surface area contributed by atoms with Crippen LogP contribution < -0.4 is 10.1 Å². The minimum absolute atomic E-state index is 0.0402. The van der Waals surface area contributed by atoms with Crippen molar-refractivity contribution < 1.29 is 22.7 Å². The molecule has 0 aromatic heterocycles. The van der Waals surface area contributed by atoms with Crippen molar-refractivity contribution in [2.24, 2.45) is 0 Å². The maximum atomic E-state index is 12.6. The first-order valence-electron chi connectivity index (χ1n) is 4.93. The SMILES string of the molecule is CNCC(=O)c1c(Cl)cc(C(F)(F)F)cc1OC. The number of hydrogen-bond donors (Lipinski definition) is 1. The lowest BCUT2D eigenvalue weighted by Gasteiger charge is -2.13. The Kier molecular flexibility index (Phi) is 4.59. The summed E-state index contributed by atoms with van der Waals surface area (Å²) in [7, 11) is 2.73. The Labute approximate surface area is 107 Å². The number of carbonyl (C=O) groups is 1. The molecule has 3 nitrogen and oxygen atoms in total. The van der Waals surface area contributed by atoms with Crippen molar-refractivity contribution in [2.75, 3.05) is 20.7 Å². The average Bonchev–Trinajstić information content (AvgIpc) is 2.26. The molecule has 0 aliphatic rings. The summed E-state index contributed by atoms with van der Waals surface area (Å²) in [6.45, 7) is -0.0402. The van der Waals surface area contributed by atoms with E-state index >= 15 is 0 Å². The van der Waals surface area contributed by atoms with Gasteiger partial charge in [-0.15, -0.1) is 0 Å². The summed E-state index contributed by atoms with van der Waals surface area (Å²) in [6, 6.07) is 1.47. The fourth-order valence-electron chi connectivity index (χ4n) is 1.43. The molecule has 0 fully saturated rings. The molecule has 100 valence electrons. The fourth-order valence-corrected chi connectivity index (χ4v) is 1.74. The first kappa shape index (κ1) is 14.8. The van der Waals surface area contributed by atoms with Gasteiger partial charge in [0, 0.05) is 0 Å². The maximum Gasteiger partial charge on any atom is 0.416 e. The lowest BCUT2D eigenvalue weighted by molar-refractivity contribution is -0.137. The van der Waals surface area contributed by atoms with Crippen LogP contribution in [0.3, 0.4) is 0 Å². The second-order valence-electron chi connectivity index (χ2n) is 3.49. The number of halogens is 4. The first-order chi connectivity index (χ1) is 8.31. The van der Waals surface area contributed by atoms with Crippen LogP contribution in [0.25, 0.3) is 0 Å². The normalized spacial score (nSPS) is 11.4. The molecule has 1 N–H and O–H groups in total. The molecule has 0 spiro atoms. The number of Topliss-reactive ketones (excluding diaryl/α,β-unsaturated/α-hetero) is 1. The summed E-state index contributed by atoms with van der Waals surface area (Å²) in [4.78, 5) is 11.7. The van der Waals surface area contributed by atoms with E-state index < -0.39 is 17.5 Å². The van der Waals surface area contributed by atoms with Gasteiger partial charge < -0.3 is 10.1 Å². The molecule has 0 atom stereocenters. The number of methoxy groups -OCH3 is 1. The van der Waals surface area contributed by atoms with Gasteiger partial charge in [-0.25, -0.2) is 0 Å². The number of ether oxygens (including phenoxy) is 1. The second-order valence-corrected chi connectivity index (χ2v) is 3.89. The van der Waals surface area contributed by atoms with Crippen LogP contribution >= 0.6 is 11.6 Å². The maximum absolute atomic E-state index is 12.6. The van der Waals surface area contributed by atoms with Crippen LogP contribution in [0.2, 0.25) is 5.02 Å². The van der Waals surface area contributed by atoms with Crippen molar-refractivity contribution in [3.05, 3.63) is 28.3 Å². The van der Waals surface area contributed by atoms with Gasteiger partial charge in [-0.05, 0) is 19.2 Å². The Hall–Kier alpha value is -1.27. The van der Waals surface area contributed by atoms with Crippen LogP contribution in [-0.4, -0.2) is 26.5 Å². The number of likely N-dealkylation sites (N-methyl/N-ethyl adjacent to an activating group) is 1. The molecule has 0 radical (unpaired) electrons. The molecule has 0 saturated heterocycles. The van der Waals surface area contributed by atoms with Gasteiger partial charge in [-0.2, -0.15) is 13.2 Å². The smallest absolute Gasteiger partial charge is 0.416 e. The topological polar surface area (TPSA) is 38.3 Å². The molecule has 18 heavy (non-hydrogen) atoms. The Bertz CT molecular complexity index is 460. The van der Waals surface area contributed by atoms with Crippen LogP contribution in [-0.2, 0) is 6.18 Å². The summed E-state index contributed by atoms with van der Waals surface area (Å²) in [5, 5.41) is 2.33. The van der Waals surface area contributed by atoms with Crippen molar-refractivity contribution in [1.29, 1.82) is 0 Å². The molecule has 0 amide bonds. The van der Waals surface area contributed by atoms with E-state index in [4.69, 9.17) is 16.3 Å². The van der Waals surface area contributed by atoms with E-state index in [9.17, 15) is 18.0 Å². The van der Waals surface area contributed by atoms with Crippen molar-refractivity contribution in [3.63, 3.8) is 0 Å². The number of nitrogens with one attached hydrogen (secondary N) is 1. The van der Waals surface area contributed by atoms with E-state index in [1.54, 1.807) is 7.05 Å². The van der Waals surface area contributed by atoms with Crippen LogP contribution in [0.15, 0.2) is 12.1 Å². The molecule has 0 unspecified atom stereocenters. The third-order valence-electron chi connectivity index (χ3n) is 2.22. The Morgan fingerprint density at radius 1 is 1.44 bits per heavy atom. The minimum Gasteiger partial charge on any atom is -0.496 e. The van der Waals surface area contributed by atoms with Gasteiger partial charge in [0.05, 0.1) is 29.8 Å². The number of hydrogen-bond acceptors (Lipinski definition) is 3. The van der Waals surface area contributed by atoms with Crippen LogP contribution in [0.4, 0.5) is 13.2 Å². The van der Waals surface area contributed by atoms with Gasteiger partial charge in [0.25, 0.3) is 0 Å². The predicted octanol–water partition coefficient (Wildman–Crippen LogP) is 2.77. The summed E-state index contributed by atoms with van der Waals surface area (Å²) < 4.78 is 42.5. The quantitative estimate of drug-likeness (QED) is 0.863. The Morgan fingerprint density at radius 2 is 2.06 bits per heavy atom. The van der Waals surface area contributed by atoms with E-state index in [2.05, 4.69) is 5.32 Å². The van der Waals surface area contributed by atoms with Gasteiger partial charge in [0.1, 0.15) is 5.75 Å². The zero-order chi connectivity index (χ0) is 13.9. The number of alkyl halides is 3. The number of carbonyl (C=O) groups excluding carboxylic acids is 1. The highest BCUT2D eigenvalue weighted by Gasteiger charge is 2.33.